The Kier molecular flexibility index (Phi) is 11.2. The van der Waals surface area contributed by atoms with Crippen molar-refractivity contribution in [2.45, 2.75) is 65.8 Å². The van der Waals surface area contributed by atoms with E-state index in [0.29, 0.717) is 13.1 Å². The highest BCUT2D eigenvalue weighted by molar-refractivity contribution is 8.00. The molecular weight excluding hydrogens is 461 g/mol. The van der Waals surface area contributed by atoms with Gasteiger partial charge in [-0.15, -0.1) is 11.8 Å². The molecule has 1 aromatic carbocycles. The molecule has 1 heterocycles. The summed E-state index contributed by atoms with van der Waals surface area (Å²) in [6.45, 7) is 7.81. The number of hydrogen-bond acceptors (Lipinski definition) is 7. The summed E-state index contributed by atoms with van der Waals surface area (Å²) in [7, 11) is 0. The van der Waals surface area contributed by atoms with E-state index in [1.807, 2.05) is 13.8 Å². The number of halogens is 3. The summed E-state index contributed by atoms with van der Waals surface area (Å²) >= 11 is -0.523. The molecule has 1 aliphatic rings. The molecule has 12 heteroatoms. The third-order valence-corrected chi connectivity index (χ3v) is 7.45. The van der Waals surface area contributed by atoms with Crippen molar-refractivity contribution in [3.05, 3.63) is 24.3 Å². The SMILES string of the molecule is CC.CC(C)(C(=O)NO)S(=O)ON1CCC(Sc2ccc(SC(F)(F)F)cc2)CC1. The van der Waals surface area contributed by atoms with Gasteiger partial charge in [-0.3, -0.25) is 10.0 Å². The van der Waals surface area contributed by atoms with Crippen LogP contribution in [0.25, 0.3) is 0 Å². The number of thioether (sulfide) groups is 2. The van der Waals surface area contributed by atoms with Crippen LogP contribution in [0, 0.1) is 0 Å². The molecule has 1 unspecified atom stereocenters. The Bertz CT molecular complexity index is 695. The van der Waals surface area contributed by atoms with Gasteiger partial charge in [0, 0.05) is 28.1 Å². The highest BCUT2D eigenvalue weighted by atomic mass is 32.2. The van der Waals surface area contributed by atoms with E-state index in [1.54, 1.807) is 23.9 Å². The maximum absolute atomic E-state index is 12.4. The van der Waals surface area contributed by atoms with Gasteiger partial charge in [-0.2, -0.15) is 22.5 Å². The van der Waals surface area contributed by atoms with Gasteiger partial charge in [0.1, 0.15) is 4.75 Å². The van der Waals surface area contributed by atoms with Crippen LogP contribution in [0.2, 0.25) is 0 Å². The maximum Gasteiger partial charge on any atom is 0.446 e. The fourth-order valence-electron chi connectivity index (χ4n) is 2.34. The number of carbonyl (C=O) groups is 1. The summed E-state index contributed by atoms with van der Waals surface area (Å²) in [5.41, 5.74) is -2.82. The summed E-state index contributed by atoms with van der Waals surface area (Å²) in [5, 5.41) is 10.5. The first-order valence-electron chi connectivity index (χ1n) is 9.33. The number of nitrogens with one attached hydrogen (secondary N) is 1. The highest BCUT2D eigenvalue weighted by Crippen LogP contribution is 2.38. The summed E-state index contributed by atoms with van der Waals surface area (Å²) in [5.74, 6) is -0.802. The van der Waals surface area contributed by atoms with Crippen molar-refractivity contribution in [2.75, 3.05) is 13.1 Å². The van der Waals surface area contributed by atoms with E-state index in [9.17, 15) is 22.2 Å². The molecule has 172 valence electrons. The van der Waals surface area contributed by atoms with E-state index in [1.165, 1.54) is 36.5 Å². The Morgan fingerprint density at radius 2 is 1.67 bits per heavy atom. The number of nitrogens with zero attached hydrogens (tertiary/aromatic N) is 1. The first kappa shape index (κ1) is 27.2. The lowest BCUT2D eigenvalue weighted by Gasteiger charge is -2.31. The van der Waals surface area contributed by atoms with Gasteiger partial charge in [-0.25, -0.2) is 9.69 Å². The lowest BCUT2D eigenvalue weighted by atomic mass is 10.2. The minimum atomic E-state index is -4.30. The molecule has 2 N–H and O–H groups in total. The quantitative estimate of drug-likeness (QED) is 0.325. The number of piperidine rings is 1. The van der Waals surface area contributed by atoms with Crippen molar-refractivity contribution in [1.29, 1.82) is 0 Å². The number of amides is 1. The lowest BCUT2D eigenvalue weighted by Crippen LogP contribution is -2.47. The topological polar surface area (TPSA) is 78.9 Å². The molecule has 6 nitrogen and oxygen atoms in total. The van der Waals surface area contributed by atoms with Gasteiger partial charge >= 0.3 is 5.51 Å². The molecular formula is C18H27F3N2O4S3. The zero-order valence-electron chi connectivity index (χ0n) is 17.2. The van der Waals surface area contributed by atoms with Gasteiger partial charge in [0.15, 0.2) is 11.1 Å². The summed E-state index contributed by atoms with van der Waals surface area (Å²) in [4.78, 5) is 12.6. The van der Waals surface area contributed by atoms with Gasteiger partial charge in [-0.1, -0.05) is 13.8 Å². The molecule has 1 aliphatic heterocycles. The van der Waals surface area contributed by atoms with Crippen molar-refractivity contribution >= 4 is 40.5 Å². The van der Waals surface area contributed by atoms with Crippen LogP contribution in [0.3, 0.4) is 0 Å². The Labute approximate surface area is 185 Å². The smallest absolute Gasteiger partial charge is 0.289 e. The van der Waals surface area contributed by atoms with Crippen LogP contribution in [0.15, 0.2) is 34.1 Å². The molecule has 2 rings (SSSR count). The van der Waals surface area contributed by atoms with Crippen LogP contribution < -0.4 is 5.48 Å². The van der Waals surface area contributed by atoms with Crippen LogP contribution in [-0.4, -0.2) is 49.0 Å². The summed E-state index contributed by atoms with van der Waals surface area (Å²) in [6.07, 6.45) is 1.46. The standard InChI is InChI=1S/C16H21F3N2O4S3.C2H6/c1-15(2,14(22)20-23)28(24)25-21-9-7-12(8-10-21)26-11-3-5-13(6-4-11)27-16(17,18)19;1-2/h3-6,12,23H,7-10H2,1-2H3,(H,20,22);1-2H3. The fourth-order valence-corrected chi connectivity index (χ4v) is 4.72. The number of alkyl halides is 3. The van der Waals surface area contributed by atoms with Gasteiger partial charge in [0.25, 0.3) is 5.91 Å². The Balaban J connectivity index is 0.00000218. The molecule has 30 heavy (non-hydrogen) atoms. The third-order valence-electron chi connectivity index (χ3n) is 4.00. The van der Waals surface area contributed by atoms with Gasteiger partial charge in [-0.05, 0) is 62.7 Å². The molecule has 1 amide bonds. The molecule has 1 saturated heterocycles. The highest BCUT2D eigenvalue weighted by Gasteiger charge is 2.38. The van der Waals surface area contributed by atoms with E-state index in [2.05, 4.69) is 0 Å². The van der Waals surface area contributed by atoms with Crippen molar-refractivity contribution in [1.82, 2.24) is 10.5 Å². The van der Waals surface area contributed by atoms with Gasteiger partial charge in [0.05, 0.1) is 0 Å². The molecule has 0 aromatic heterocycles. The van der Waals surface area contributed by atoms with Crippen molar-refractivity contribution in [3.63, 3.8) is 0 Å². The van der Waals surface area contributed by atoms with Crippen LogP contribution in [0.1, 0.15) is 40.5 Å². The van der Waals surface area contributed by atoms with E-state index in [0.717, 1.165) is 17.7 Å². The second kappa shape index (κ2) is 12.3. The Morgan fingerprint density at radius 3 is 2.13 bits per heavy atom. The third kappa shape index (κ3) is 8.75. The van der Waals surface area contributed by atoms with E-state index in [4.69, 9.17) is 9.49 Å². The van der Waals surface area contributed by atoms with Crippen LogP contribution in [-0.2, 0) is 20.2 Å². The first-order valence-corrected chi connectivity index (χ1v) is 12.1. The monoisotopic (exact) mass is 488 g/mol. The molecule has 1 fully saturated rings. The van der Waals surface area contributed by atoms with E-state index in [-0.39, 0.29) is 21.9 Å². The summed E-state index contributed by atoms with van der Waals surface area (Å²) < 4.78 is 53.3. The zero-order valence-corrected chi connectivity index (χ0v) is 19.6. The Morgan fingerprint density at radius 1 is 1.17 bits per heavy atom. The van der Waals surface area contributed by atoms with Crippen molar-refractivity contribution < 1.29 is 31.7 Å². The number of carbonyl (C=O) groups excluding carboxylic acids is 1. The average molecular weight is 489 g/mol. The van der Waals surface area contributed by atoms with Crippen LogP contribution >= 0.6 is 23.5 Å². The summed E-state index contributed by atoms with van der Waals surface area (Å²) in [6, 6.07) is 6.26. The van der Waals surface area contributed by atoms with Crippen LogP contribution in [0.4, 0.5) is 13.2 Å². The molecule has 0 radical (unpaired) electrons. The van der Waals surface area contributed by atoms with Crippen molar-refractivity contribution in [3.8, 4) is 0 Å². The van der Waals surface area contributed by atoms with E-state index < -0.39 is 27.2 Å². The number of hydrogen-bond donors (Lipinski definition) is 2. The number of benzene rings is 1. The number of rotatable bonds is 7. The Hall–Kier alpha value is -0.790. The van der Waals surface area contributed by atoms with Crippen LogP contribution in [0.5, 0.6) is 0 Å². The number of hydroxylamine groups is 3. The average Bonchev–Trinajstić information content (AvgIpc) is 2.70. The molecule has 0 aliphatic carbocycles. The lowest BCUT2D eigenvalue weighted by molar-refractivity contribution is -0.131. The minimum Gasteiger partial charge on any atom is -0.289 e. The molecule has 1 aromatic rings. The normalized spacial score (nSPS) is 17.1. The van der Waals surface area contributed by atoms with E-state index >= 15 is 0 Å². The van der Waals surface area contributed by atoms with Crippen molar-refractivity contribution in [2.24, 2.45) is 0 Å². The largest absolute Gasteiger partial charge is 0.446 e. The second-order valence-electron chi connectivity index (χ2n) is 6.53. The molecule has 0 spiro atoms. The fraction of sp³-hybridized carbons (Fsp3) is 0.611. The predicted molar refractivity (Wildman–Crippen MR) is 113 cm³/mol. The van der Waals surface area contributed by atoms with Gasteiger partial charge < -0.3 is 0 Å². The molecule has 0 saturated carbocycles. The second-order valence-corrected chi connectivity index (χ2v) is 10.7. The molecule has 1 atom stereocenters. The van der Waals surface area contributed by atoms with Gasteiger partial charge in [0.2, 0.25) is 0 Å². The minimum absolute atomic E-state index is 0.138. The zero-order chi connectivity index (χ0) is 22.9. The molecule has 0 bridgehead atoms. The first-order chi connectivity index (χ1) is 14.0. The maximum atomic E-state index is 12.4. The predicted octanol–water partition coefficient (Wildman–Crippen LogP) is 4.76.